The highest BCUT2D eigenvalue weighted by Gasteiger charge is 2.13. The molecule has 7 heteroatoms. The zero-order valence-corrected chi connectivity index (χ0v) is 14.5. The average Bonchev–Trinajstić information content (AvgIpc) is 2.93. The molecule has 0 saturated heterocycles. The third-order valence-electron chi connectivity index (χ3n) is 3.65. The first-order chi connectivity index (χ1) is 12.0. The summed E-state index contributed by atoms with van der Waals surface area (Å²) < 4.78 is 2.07. The maximum absolute atomic E-state index is 11.6. The molecule has 0 radical (unpaired) electrons. The number of carbonyl (C=O) groups excluding carboxylic acids is 2. The van der Waals surface area contributed by atoms with E-state index in [1.54, 1.807) is 0 Å². The Morgan fingerprint density at radius 2 is 1.88 bits per heavy atom. The van der Waals surface area contributed by atoms with E-state index in [1.165, 1.54) is 17.3 Å². The van der Waals surface area contributed by atoms with Crippen LogP contribution in [0.5, 0.6) is 0 Å². The first kappa shape index (κ1) is 17.0. The summed E-state index contributed by atoms with van der Waals surface area (Å²) in [6.07, 6.45) is 0.185. The van der Waals surface area contributed by atoms with Crippen LogP contribution >= 0.6 is 11.8 Å². The molecule has 3 N–H and O–H groups in total. The van der Waals surface area contributed by atoms with Crippen LogP contribution in [0, 0.1) is 6.92 Å². The molecule has 0 saturated carbocycles. The van der Waals surface area contributed by atoms with Gasteiger partial charge in [-0.2, -0.15) is 0 Å². The summed E-state index contributed by atoms with van der Waals surface area (Å²) in [5.41, 5.74) is 9.05. The fraction of sp³-hybridized carbons (Fsp3) is 0.167. The number of nitrogens with one attached hydrogen (secondary N) is 1. The molecule has 0 bridgehead atoms. The lowest BCUT2D eigenvalue weighted by Gasteiger charge is -2.09. The van der Waals surface area contributed by atoms with Gasteiger partial charge in [0.15, 0.2) is 5.16 Å². The predicted octanol–water partition coefficient (Wildman–Crippen LogP) is 3.01. The molecule has 0 fully saturated rings. The van der Waals surface area contributed by atoms with Crippen LogP contribution in [0.1, 0.15) is 12.0 Å². The van der Waals surface area contributed by atoms with E-state index in [0.29, 0.717) is 5.75 Å². The number of carbonyl (C=O) groups is 2. The monoisotopic (exact) mass is 354 g/mol. The zero-order chi connectivity index (χ0) is 17.8. The largest absolute Gasteiger partial charge is 0.351 e. The highest BCUT2D eigenvalue weighted by molar-refractivity contribution is 7.99. The van der Waals surface area contributed by atoms with Crippen molar-refractivity contribution in [3.63, 3.8) is 0 Å². The number of hydrogen-bond donors (Lipinski definition) is 2. The number of benzene rings is 2. The van der Waals surface area contributed by atoms with Crippen LogP contribution in [0.3, 0.4) is 0 Å². The summed E-state index contributed by atoms with van der Waals surface area (Å²) in [4.78, 5) is 26.9. The Morgan fingerprint density at radius 3 is 2.60 bits per heavy atom. The number of thioether (sulfide) groups is 1. The smallest absolute Gasteiger partial charge is 0.318 e. The van der Waals surface area contributed by atoms with Gasteiger partial charge in [0.2, 0.25) is 5.91 Å². The number of imide groups is 1. The lowest BCUT2D eigenvalue weighted by atomic mass is 10.2. The maximum atomic E-state index is 11.6. The van der Waals surface area contributed by atoms with Crippen molar-refractivity contribution in [3.05, 3.63) is 54.1 Å². The van der Waals surface area contributed by atoms with Gasteiger partial charge < -0.3 is 5.73 Å². The van der Waals surface area contributed by atoms with Crippen molar-refractivity contribution < 1.29 is 9.59 Å². The molecule has 1 aromatic heterocycles. The number of fused-ring (bicyclic) bond motifs is 1. The Labute approximate surface area is 149 Å². The number of nitrogens with two attached hydrogens (primary N) is 1. The lowest BCUT2D eigenvalue weighted by molar-refractivity contribution is -0.119. The first-order valence-corrected chi connectivity index (χ1v) is 8.80. The highest BCUT2D eigenvalue weighted by Crippen LogP contribution is 2.28. The third kappa shape index (κ3) is 4.00. The summed E-state index contributed by atoms with van der Waals surface area (Å²) in [5, 5.41) is 2.87. The Balaban J connectivity index is 1.87. The minimum Gasteiger partial charge on any atom is -0.351 e. The third-order valence-corrected chi connectivity index (χ3v) is 4.59. The van der Waals surface area contributed by atoms with Crippen LogP contribution < -0.4 is 11.1 Å². The van der Waals surface area contributed by atoms with Crippen molar-refractivity contribution in [1.82, 2.24) is 14.9 Å². The fourth-order valence-electron chi connectivity index (χ4n) is 2.48. The summed E-state index contributed by atoms with van der Waals surface area (Å²) in [6, 6.07) is 15.3. The minimum atomic E-state index is -0.832. The molecule has 0 aliphatic rings. The van der Waals surface area contributed by atoms with E-state index < -0.39 is 11.9 Å². The number of hydrogen-bond acceptors (Lipinski definition) is 4. The van der Waals surface area contributed by atoms with E-state index in [2.05, 4.69) is 27.0 Å². The average molecular weight is 354 g/mol. The van der Waals surface area contributed by atoms with Gasteiger partial charge >= 0.3 is 6.03 Å². The van der Waals surface area contributed by atoms with Crippen molar-refractivity contribution in [2.75, 3.05) is 5.75 Å². The van der Waals surface area contributed by atoms with E-state index >= 15 is 0 Å². The molecule has 3 aromatic rings. The van der Waals surface area contributed by atoms with E-state index in [1.807, 2.05) is 43.3 Å². The predicted molar refractivity (Wildman–Crippen MR) is 98.9 cm³/mol. The minimum absolute atomic E-state index is 0.185. The van der Waals surface area contributed by atoms with Crippen molar-refractivity contribution in [3.8, 4) is 5.69 Å². The standard InChI is InChI=1S/C18H18N4O2S/c1-12-6-8-13(9-7-12)22-15-5-3-2-4-14(15)20-18(22)25-11-10-16(23)21-17(19)24/h2-9H,10-11H2,1H3,(H3,19,21,23,24). The quantitative estimate of drug-likeness (QED) is 0.689. The Morgan fingerprint density at radius 1 is 1.16 bits per heavy atom. The number of primary amides is 1. The van der Waals surface area contributed by atoms with Crippen LogP contribution in [0.15, 0.2) is 53.7 Å². The molecular weight excluding hydrogens is 336 g/mol. The summed E-state index contributed by atoms with van der Waals surface area (Å²) in [5.74, 6) is 0.104. The molecule has 0 atom stereocenters. The lowest BCUT2D eigenvalue weighted by Crippen LogP contribution is -2.35. The van der Waals surface area contributed by atoms with Crippen LogP contribution in [0.25, 0.3) is 16.7 Å². The van der Waals surface area contributed by atoms with Gasteiger partial charge in [0.1, 0.15) is 0 Å². The summed E-state index contributed by atoms with van der Waals surface area (Å²) in [7, 11) is 0. The summed E-state index contributed by atoms with van der Waals surface area (Å²) >= 11 is 1.47. The Hall–Kier alpha value is -2.80. The number of nitrogens with zero attached hydrogens (tertiary/aromatic N) is 2. The number of para-hydroxylation sites is 2. The molecule has 0 spiro atoms. The molecule has 3 amide bonds. The highest BCUT2D eigenvalue weighted by atomic mass is 32.2. The molecule has 0 aliphatic carbocycles. The second-order valence-electron chi connectivity index (χ2n) is 5.56. The molecule has 6 nitrogen and oxygen atoms in total. The topological polar surface area (TPSA) is 90.0 Å². The van der Waals surface area contributed by atoms with Gasteiger partial charge in [0, 0.05) is 17.9 Å². The SMILES string of the molecule is Cc1ccc(-n2c(SCCC(=O)NC(N)=O)nc3ccccc32)cc1. The molecular formula is C18H18N4O2S. The van der Waals surface area contributed by atoms with Gasteiger partial charge in [-0.25, -0.2) is 9.78 Å². The molecule has 0 aliphatic heterocycles. The molecule has 1 heterocycles. The maximum Gasteiger partial charge on any atom is 0.318 e. The Bertz CT molecular complexity index is 918. The number of aromatic nitrogens is 2. The van der Waals surface area contributed by atoms with E-state index in [-0.39, 0.29) is 6.42 Å². The van der Waals surface area contributed by atoms with Gasteiger partial charge in [-0.05, 0) is 31.2 Å². The number of urea groups is 1. The van der Waals surface area contributed by atoms with Gasteiger partial charge in [-0.15, -0.1) is 0 Å². The van der Waals surface area contributed by atoms with Crippen molar-refractivity contribution >= 4 is 34.7 Å². The van der Waals surface area contributed by atoms with Crippen LogP contribution in [-0.2, 0) is 4.79 Å². The number of rotatable bonds is 5. The molecule has 3 rings (SSSR count). The number of imidazole rings is 1. The molecule has 2 aromatic carbocycles. The first-order valence-electron chi connectivity index (χ1n) is 7.81. The number of aryl methyl sites for hydroxylation is 1. The fourth-order valence-corrected chi connectivity index (χ4v) is 3.44. The second kappa shape index (κ2) is 7.40. The van der Waals surface area contributed by atoms with Crippen LogP contribution in [0.4, 0.5) is 4.79 Å². The van der Waals surface area contributed by atoms with Gasteiger partial charge in [-0.3, -0.25) is 14.7 Å². The summed E-state index contributed by atoms with van der Waals surface area (Å²) in [6.45, 7) is 2.04. The molecule has 0 unspecified atom stereocenters. The van der Waals surface area contributed by atoms with Crippen molar-refractivity contribution in [2.24, 2.45) is 5.73 Å². The van der Waals surface area contributed by atoms with Crippen LogP contribution in [0.2, 0.25) is 0 Å². The van der Waals surface area contributed by atoms with E-state index in [0.717, 1.165) is 21.9 Å². The van der Waals surface area contributed by atoms with Gasteiger partial charge in [-0.1, -0.05) is 41.6 Å². The Kier molecular flexibility index (Phi) is 5.04. The molecule has 25 heavy (non-hydrogen) atoms. The van der Waals surface area contributed by atoms with Crippen molar-refractivity contribution in [1.29, 1.82) is 0 Å². The van der Waals surface area contributed by atoms with E-state index in [4.69, 9.17) is 5.73 Å². The normalized spacial score (nSPS) is 10.8. The number of amides is 3. The second-order valence-corrected chi connectivity index (χ2v) is 6.63. The van der Waals surface area contributed by atoms with Gasteiger partial charge in [0.05, 0.1) is 11.0 Å². The van der Waals surface area contributed by atoms with Crippen LogP contribution in [-0.4, -0.2) is 27.2 Å². The van der Waals surface area contributed by atoms with E-state index in [9.17, 15) is 9.59 Å². The zero-order valence-electron chi connectivity index (χ0n) is 13.7. The van der Waals surface area contributed by atoms with Gasteiger partial charge in [0.25, 0.3) is 0 Å². The van der Waals surface area contributed by atoms with Crippen molar-refractivity contribution in [2.45, 2.75) is 18.5 Å². The molecule has 128 valence electrons.